The second-order valence-electron chi connectivity index (χ2n) is 7.15. The van der Waals surface area contributed by atoms with Gasteiger partial charge in [0, 0.05) is 40.2 Å². The first-order chi connectivity index (χ1) is 12.3. The van der Waals surface area contributed by atoms with Gasteiger partial charge in [-0.1, -0.05) is 0 Å². The number of amides is 4. The third-order valence-electron chi connectivity index (χ3n) is 5.10. The number of hydrogen-bond acceptors (Lipinski definition) is 4. The summed E-state index contributed by atoms with van der Waals surface area (Å²) < 4.78 is 0. The molecule has 2 aliphatic heterocycles. The molecule has 3 N–H and O–H groups in total. The molecule has 0 aliphatic carbocycles. The number of carbonyl (C=O) groups is 3. The number of rotatable bonds is 5. The summed E-state index contributed by atoms with van der Waals surface area (Å²) in [4.78, 5) is 43.5. The molecule has 146 valence electrons. The van der Waals surface area contributed by atoms with Gasteiger partial charge in [0.25, 0.3) is 5.91 Å². The Balaban J connectivity index is 1.94. The maximum Gasteiger partial charge on any atom is 0.322 e. The number of aliphatic imine (C=N–C) groups is 1. The van der Waals surface area contributed by atoms with Gasteiger partial charge in [-0.15, -0.1) is 0 Å². The highest BCUT2D eigenvalue weighted by molar-refractivity contribution is 6.07. The molecule has 0 radical (unpaired) electrons. The van der Waals surface area contributed by atoms with Crippen molar-refractivity contribution < 1.29 is 14.4 Å². The summed E-state index contributed by atoms with van der Waals surface area (Å²) in [5.41, 5.74) is -0.837. The lowest BCUT2D eigenvalue weighted by Gasteiger charge is -2.39. The smallest absolute Gasteiger partial charge is 0.322 e. The summed E-state index contributed by atoms with van der Waals surface area (Å²) in [7, 11) is 3.47. The van der Waals surface area contributed by atoms with E-state index in [1.54, 1.807) is 25.9 Å². The lowest BCUT2D eigenvalue weighted by Crippen LogP contribution is -2.55. The van der Waals surface area contributed by atoms with Crippen LogP contribution < -0.4 is 16.0 Å². The summed E-state index contributed by atoms with van der Waals surface area (Å²) in [6, 6.07) is -0.416. The van der Waals surface area contributed by atoms with Crippen LogP contribution in [0.15, 0.2) is 4.99 Å². The van der Waals surface area contributed by atoms with E-state index < -0.39 is 11.6 Å². The Labute approximate surface area is 154 Å². The minimum Gasteiger partial charge on any atom is -0.357 e. The summed E-state index contributed by atoms with van der Waals surface area (Å²) in [5, 5.41) is 8.37. The van der Waals surface area contributed by atoms with E-state index in [9.17, 15) is 14.4 Å². The topological polar surface area (TPSA) is 106 Å². The van der Waals surface area contributed by atoms with E-state index in [2.05, 4.69) is 25.8 Å². The normalized spacial score (nSPS) is 24.3. The Morgan fingerprint density at radius 1 is 1.35 bits per heavy atom. The number of likely N-dealkylation sites (tertiary alicyclic amines) is 1. The van der Waals surface area contributed by atoms with E-state index >= 15 is 0 Å². The maximum atomic E-state index is 12.1. The maximum absolute atomic E-state index is 12.1. The van der Waals surface area contributed by atoms with E-state index in [4.69, 9.17) is 0 Å². The fourth-order valence-corrected chi connectivity index (χ4v) is 3.42. The average Bonchev–Trinajstić information content (AvgIpc) is 2.87. The lowest BCUT2D eigenvalue weighted by molar-refractivity contribution is -0.128. The predicted molar refractivity (Wildman–Crippen MR) is 98.7 cm³/mol. The molecule has 26 heavy (non-hydrogen) atoms. The Bertz CT molecular complexity index is 583. The Hall–Kier alpha value is -2.32. The first kappa shape index (κ1) is 20.0. The van der Waals surface area contributed by atoms with Gasteiger partial charge in [-0.05, 0) is 32.6 Å². The minimum absolute atomic E-state index is 0.0548. The van der Waals surface area contributed by atoms with Crippen molar-refractivity contribution in [3.05, 3.63) is 0 Å². The fraction of sp³-hybridized carbons (Fsp3) is 0.765. The molecule has 0 aromatic rings. The molecule has 2 heterocycles. The summed E-state index contributed by atoms with van der Waals surface area (Å²) in [5.74, 6) is 0.689. The van der Waals surface area contributed by atoms with Crippen molar-refractivity contribution in [2.24, 2.45) is 10.9 Å². The van der Waals surface area contributed by atoms with Crippen molar-refractivity contribution in [2.75, 3.05) is 40.3 Å². The summed E-state index contributed by atoms with van der Waals surface area (Å²) in [6.45, 7) is 6.48. The van der Waals surface area contributed by atoms with Crippen molar-refractivity contribution in [3.63, 3.8) is 0 Å². The Morgan fingerprint density at radius 2 is 2.00 bits per heavy atom. The van der Waals surface area contributed by atoms with E-state index in [1.807, 2.05) is 6.92 Å². The number of nitrogens with zero attached hydrogens (tertiary/aromatic N) is 3. The third kappa shape index (κ3) is 4.44. The van der Waals surface area contributed by atoms with Crippen LogP contribution in [0, 0.1) is 5.92 Å². The van der Waals surface area contributed by atoms with Crippen molar-refractivity contribution in [2.45, 2.75) is 38.6 Å². The largest absolute Gasteiger partial charge is 0.357 e. The fourth-order valence-electron chi connectivity index (χ4n) is 3.42. The molecule has 0 bridgehead atoms. The van der Waals surface area contributed by atoms with Crippen LogP contribution >= 0.6 is 0 Å². The zero-order chi connectivity index (χ0) is 19.3. The number of urea groups is 1. The SMILES string of the molecule is CCNC(=NCCC(=O)N(C)C)N1CCC(C2(C)NC(=O)NC2=O)CC1. The van der Waals surface area contributed by atoms with Crippen LogP contribution in [0.3, 0.4) is 0 Å². The van der Waals surface area contributed by atoms with Gasteiger partial charge in [-0.3, -0.25) is 19.9 Å². The molecule has 0 aromatic heterocycles. The molecule has 2 rings (SSSR count). The highest BCUT2D eigenvalue weighted by Gasteiger charge is 2.48. The molecule has 2 saturated heterocycles. The van der Waals surface area contributed by atoms with Gasteiger partial charge in [0.15, 0.2) is 5.96 Å². The summed E-state index contributed by atoms with van der Waals surface area (Å²) >= 11 is 0. The number of carbonyl (C=O) groups excluding carboxylic acids is 3. The van der Waals surface area contributed by atoms with Gasteiger partial charge in [0.1, 0.15) is 5.54 Å². The highest BCUT2D eigenvalue weighted by atomic mass is 16.2. The average molecular weight is 366 g/mol. The molecular formula is C17H30N6O3. The van der Waals surface area contributed by atoms with Crippen LogP contribution in [0.2, 0.25) is 0 Å². The van der Waals surface area contributed by atoms with Crippen LogP contribution in [-0.2, 0) is 9.59 Å². The van der Waals surface area contributed by atoms with Crippen molar-refractivity contribution in [1.29, 1.82) is 0 Å². The highest BCUT2D eigenvalue weighted by Crippen LogP contribution is 2.30. The first-order valence-electron chi connectivity index (χ1n) is 9.15. The number of hydrogen-bond donors (Lipinski definition) is 3. The molecule has 1 unspecified atom stereocenters. The molecule has 2 fully saturated rings. The number of guanidine groups is 1. The van der Waals surface area contributed by atoms with Gasteiger partial charge in [0.2, 0.25) is 5.91 Å². The molecule has 0 aromatic carbocycles. The van der Waals surface area contributed by atoms with Crippen molar-refractivity contribution in [1.82, 2.24) is 25.8 Å². The second kappa shape index (κ2) is 8.37. The monoisotopic (exact) mass is 366 g/mol. The minimum atomic E-state index is -0.837. The van der Waals surface area contributed by atoms with Crippen LogP contribution in [-0.4, -0.2) is 79.4 Å². The Morgan fingerprint density at radius 3 is 2.50 bits per heavy atom. The van der Waals surface area contributed by atoms with Gasteiger partial charge in [-0.25, -0.2) is 4.79 Å². The predicted octanol–water partition coefficient (Wildman–Crippen LogP) is -0.260. The van der Waals surface area contributed by atoms with Gasteiger partial charge in [-0.2, -0.15) is 0 Å². The van der Waals surface area contributed by atoms with Crippen LogP contribution in [0.25, 0.3) is 0 Å². The zero-order valence-corrected chi connectivity index (χ0v) is 16.1. The number of nitrogens with one attached hydrogen (secondary N) is 3. The molecule has 9 nitrogen and oxygen atoms in total. The summed E-state index contributed by atoms with van der Waals surface area (Å²) in [6.07, 6.45) is 1.94. The molecule has 1 atom stereocenters. The molecule has 4 amide bonds. The van der Waals surface area contributed by atoms with Crippen LogP contribution in [0.4, 0.5) is 4.79 Å². The molecule has 2 aliphatic rings. The van der Waals surface area contributed by atoms with Gasteiger partial charge >= 0.3 is 6.03 Å². The molecule has 9 heteroatoms. The van der Waals surface area contributed by atoms with Gasteiger partial charge < -0.3 is 20.4 Å². The lowest BCUT2D eigenvalue weighted by atomic mass is 9.79. The van der Waals surface area contributed by atoms with Crippen molar-refractivity contribution >= 4 is 23.8 Å². The van der Waals surface area contributed by atoms with Crippen LogP contribution in [0.5, 0.6) is 0 Å². The van der Waals surface area contributed by atoms with E-state index in [0.717, 1.165) is 38.4 Å². The molecule has 0 spiro atoms. The standard InChI is InChI=1S/C17H30N6O3/c1-5-18-15(19-9-6-13(24)22(3)4)23-10-7-12(8-11-23)17(2)14(25)20-16(26)21-17/h12H,5-11H2,1-4H3,(H,18,19)(H2,20,21,25,26). The number of piperidine rings is 1. The quantitative estimate of drug-likeness (QED) is 0.353. The van der Waals surface area contributed by atoms with Crippen molar-refractivity contribution in [3.8, 4) is 0 Å². The van der Waals surface area contributed by atoms with E-state index in [-0.39, 0.29) is 17.7 Å². The molecular weight excluding hydrogens is 336 g/mol. The zero-order valence-electron chi connectivity index (χ0n) is 16.1. The second-order valence-corrected chi connectivity index (χ2v) is 7.15. The van der Waals surface area contributed by atoms with Crippen LogP contribution in [0.1, 0.15) is 33.1 Å². The first-order valence-corrected chi connectivity index (χ1v) is 9.15. The third-order valence-corrected chi connectivity index (χ3v) is 5.10. The number of imide groups is 1. The van der Waals surface area contributed by atoms with Gasteiger partial charge in [0.05, 0.1) is 6.54 Å². The van der Waals surface area contributed by atoms with E-state index in [0.29, 0.717) is 13.0 Å². The molecule has 0 saturated carbocycles. The Kier molecular flexibility index (Phi) is 6.44. The van der Waals surface area contributed by atoms with E-state index in [1.165, 1.54) is 0 Å².